The second kappa shape index (κ2) is 7.75. The van der Waals surface area contributed by atoms with Crippen LogP contribution in [0.2, 0.25) is 0 Å². The summed E-state index contributed by atoms with van der Waals surface area (Å²) >= 11 is 1.71. The Labute approximate surface area is 163 Å². The molecule has 2 heterocycles. The molecule has 1 saturated carbocycles. The lowest BCUT2D eigenvalue weighted by Crippen LogP contribution is -2.37. The van der Waals surface area contributed by atoms with Gasteiger partial charge in [-0.2, -0.15) is 8.42 Å². The van der Waals surface area contributed by atoms with E-state index >= 15 is 0 Å². The molecule has 0 radical (unpaired) electrons. The van der Waals surface area contributed by atoms with Crippen molar-refractivity contribution in [1.82, 2.24) is 9.71 Å². The molecular formula is C18H24N4O3S2. The van der Waals surface area contributed by atoms with Crippen molar-refractivity contribution < 1.29 is 13.2 Å². The molecule has 0 atom stereocenters. The molecule has 1 aliphatic heterocycles. The van der Waals surface area contributed by atoms with Crippen molar-refractivity contribution in [1.29, 1.82) is 0 Å². The molecule has 146 valence electrons. The smallest absolute Gasteiger partial charge is 0.274 e. The second-order valence-electron chi connectivity index (χ2n) is 7.14. The number of anilines is 1. The minimum Gasteiger partial charge on any atom is -0.493 e. The maximum Gasteiger partial charge on any atom is 0.274 e. The average Bonchev–Trinajstić information content (AvgIpc) is 2.95. The summed E-state index contributed by atoms with van der Waals surface area (Å²) in [7, 11) is -3.60. The fourth-order valence-electron chi connectivity index (χ4n) is 3.75. The molecule has 4 N–H and O–H groups in total. The Morgan fingerprint density at radius 1 is 1.22 bits per heavy atom. The van der Waals surface area contributed by atoms with Crippen LogP contribution in [0.5, 0.6) is 5.75 Å². The first kappa shape index (κ1) is 18.7. The number of aromatic nitrogens is 1. The van der Waals surface area contributed by atoms with Gasteiger partial charge < -0.3 is 10.1 Å². The number of rotatable bonds is 5. The molecule has 2 aliphatic rings. The SMILES string of the molecule is NS(=O)(=O)NCC1CCC(Nc2nc3c(s2)CCOc2ccccc2-3)CC1. The maximum absolute atomic E-state index is 11.0. The minimum absolute atomic E-state index is 0.346. The number of hydrogen-bond donors (Lipinski definition) is 3. The van der Waals surface area contributed by atoms with Gasteiger partial charge >= 0.3 is 0 Å². The predicted octanol–water partition coefficient (Wildman–Crippen LogP) is 2.51. The molecular weight excluding hydrogens is 384 g/mol. The van der Waals surface area contributed by atoms with Crippen LogP contribution in [0, 0.1) is 5.92 Å². The van der Waals surface area contributed by atoms with E-state index in [0.29, 0.717) is 25.1 Å². The lowest BCUT2D eigenvalue weighted by atomic mass is 9.86. The molecule has 0 saturated heterocycles. The zero-order valence-electron chi connectivity index (χ0n) is 15.0. The molecule has 0 amide bonds. The normalized spacial score (nSPS) is 22.3. The Balaban J connectivity index is 1.39. The number of fused-ring (bicyclic) bond motifs is 3. The highest BCUT2D eigenvalue weighted by atomic mass is 32.2. The van der Waals surface area contributed by atoms with Crippen LogP contribution in [-0.4, -0.2) is 32.6 Å². The van der Waals surface area contributed by atoms with Crippen LogP contribution < -0.4 is 19.9 Å². The van der Waals surface area contributed by atoms with Crippen LogP contribution in [0.15, 0.2) is 24.3 Å². The van der Waals surface area contributed by atoms with E-state index in [1.807, 2.05) is 18.2 Å². The molecule has 7 nitrogen and oxygen atoms in total. The van der Waals surface area contributed by atoms with Crippen LogP contribution >= 0.6 is 11.3 Å². The summed E-state index contributed by atoms with van der Waals surface area (Å²) in [6.07, 6.45) is 4.82. The van der Waals surface area contributed by atoms with E-state index in [9.17, 15) is 8.42 Å². The first-order valence-electron chi connectivity index (χ1n) is 9.24. The van der Waals surface area contributed by atoms with Gasteiger partial charge in [0, 0.05) is 29.4 Å². The molecule has 1 fully saturated rings. The van der Waals surface area contributed by atoms with E-state index in [2.05, 4.69) is 16.1 Å². The number of nitrogens with zero attached hydrogens (tertiary/aromatic N) is 1. The van der Waals surface area contributed by atoms with Crippen molar-refractivity contribution in [3.05, 3.63) is 29.1 Å². The van der Waals surface area contributed by atoms with E-state index in [1.165, 1.54) is 4.88 Å². The lowest BCUT2D eigenvalue weighted by Gasteiger charge is -2.28. The number of ether oxygens (including phenoxy) is 1. The van der Waals surface area contributed by atoms with Gasteiger partial charge in [0.1, 0.15) is 5.75 Å². The van der Waals surface area contributed by atoms with Gasteiger partial charge in [0.15, 0.2) is 5.13 Å². The number of thiazole rings is 1. The van der Waals surface area contributed by atoms with Gasteiger partial charge in [-0.25, -0.2) is 14.8 Å². The quantitative estimate of drug-likeness (QED) is 0.705. The molecule has 1 aromatic heterocycles. The van der Waals surface area contributed by atoms with Crippen molar-refractivity contribution in [2.24, 2.45) is 11.1 Å². The fraction of sp³-hybridized carbons (Fsp3) is 0.500. The summed E-state index contributed by atoms with van der Waals surface area (Å²) in [5.41, 5.74) is 2.09. The number of nitrogens with two attached hydrogens (primary N) is 1. The van der Waals surface area contributed by atoms with Crippen molar-refractivity contribution in [3.8, 4) is 17.0 Å². The molecule has 9 heteroatoms. The Morgan fingerprint density at radius 3 is 2.78 bits per heavy atom. The van der Waals surface area contributed by atoms with Gasteiger partial charge in [-0.15, -0.1) is 11.3 Å². The molecule has 1 aromatic carbocycles. The Morgan fingerprint density at radius 2 is 2.00 bits per heavy atom. The first-order chi connectivity index (χ1) is 13.0. The summed E-state index contributed by atoms with van der Waals surface area (Å²) in [4.78, 5) is 6.11. The summed E-state index contributed by atoms with van der Waals surface area (Å²) in [5, 5.41) is 9.55. The largest absolute Gasteiger partial charge is 0.493 e. The van der Waals surface area contributed by atoms with Gasteiger partial charge in [-0.1, -0.05) is 12.1 Å². The van der Waals surface area contributed by atoms with E-state index < -0.39 is 10.2 Å². The Bertz CT molecular complexity index is 905. The second-order valence-corrected chi connectivity index (χ2v) is 9.60. The molecule has 1 aliphatic carbocycles. The lowest BCUT2D eigenvalue weighted by molar-refractivity contribution is 0.327. The van der Waals surface area contributed by atoms with Crippen molar-refractivity contribution in [2.75, 3.05) is 18.5 Å². The van der Waals surface area contributed by atoms with E-state index in [-0.39, 0.29) is 0 Å². The number of para-hydroxylation sites is 1. The highest BCUT2D eigenvalue weighted by molar-refractivity contribution is 7.87. The van der Waals surface area contributed by atoms with E-state index in [4.69, 9.17) is 14.9 Å². The molecule has 4 rings (SSSR count). The zero-order chi connectivity index (χ0) is 18.9. The third kappa shape index (κ3) is 4.60. The summed E-state index contributed by atoms with van der Waals surface area (Å²) in [6, 6.07) is 8.43. The molecule has 0 unspecified atom stereocenters. The van der Waals surface area contributed by atoms with Crippen LogP contribution in [0.3, 0.4) is 0 Å². The predicted molar refractivity (Wildman–Crippen MR) is 107 cm³/mol. The highest BCUT2D eigenvalue weighted by Gasteiger charge is 2.24. The van der Waals surface area contributed by atoms with Crippen LogP contribution in [0.25, 0.3) is 11.3 Å². The third-order valence-electron chi connectivity index (χ3n) is 5.17. The molecule has 0 bridgehead atoms. The van der Waals surface area contributed by atoms with Crippen LogP contribution in [-0.2, 0) is 16.6 Å². The Kier molecular flexibility index (Phi) is 5.36. The van der Waals surface area contributed by atoms with Crippen LogP contribution in [0.1, 0.15) is 30.6 Å². The molecule has 27 heavy (non-hydrogen) atoms. The van der Waals surface area contributed by atoms with Gasteiger partial charge in [0.2, 0.25) is 0 Å². The minimum atomic E-state index is -3.60. The summed E-state index contributed by atoms with van der Waals surface area (Å²) < 4.78 is 30.3. The maximum atomic E-state index is 11.0. The summed E-state index contributed by atoms with van der Waals surface area (Å²) in [6.45, 7) is 1.10. The highest BCUT2D eigenvalue weighted by Crippen LogP contribution is 2.39. The molecule has 2 aromatic rings. The van der Waals surface area contributed by atoms with Gasteiger partial charge in [0.25, 0.3) is 10.2 Å². The fourth-order valence-corrected chi connectivity index (χ4v) is 5.26. The van der Waals surface area contributed by atoms with Crippen molar-refractivity contribution >= 4 is 26.7 Å². The van der Waals surface area contributed by atoms with Gasteiger partial charge in [-0.3, -0.25) is 0 Å². The van der Waals surface area contributed by atoms with Gasteiger partial charge in [-0.05, 0) is 43.7 Å². The summed E-state index contributed by atoms with van der Waals surface area (Å²) in [5.74, 6) is 1.24. The monoisotopic (exact) mass is 408 g/mol. The van der Waals surface area contributed by atoms with E-state index in [0.717, 1.165) is 54.2 Å². The molecule has 0 spiro atoms. The topological polar surface area (TPSA) is 106 Å². The van der Waals surface area contributed by atoms with Gasteiger partial charge in [0.05, 0.1) is 12.3 Å². The first-order valence-corrected chi connectivity index (χ1v) is 11.6. The number of hydrogen-bond acceptors (Lipinski definition) is 6. The average molecular weight is 409 g/mol. The zero-order valence-corrected chi connectivity index (χ0v) is 16.6. The van der Waals surface area contributed by atoms with Crippen LogP contribution in [0.4, 0.5) is 5.13 Å². The number of benzene rings is 1. The number of nitrogens with one attached hydrogen (secondary N) is 2. The van der Waals surface area contributed by atoms with Crippen molar-refractivity contribution in [3.63, 3.8) is 0 Å². The third-order valence-corrected chi connectivity index (χ3v) is 6.79. The Hall–Kier alpha value is -1.68. The standard InChI is InChI=1S/C18H24N4O3S2/c19-27(23,24)20-11-12-5-7-13(8-6-12)21-18-22-17-14-3-1-2-4-15(14)25-10-9-16(17)26-18/h1-4,12-13,20H,5-11H2,(H,21,22)(H2,19,23,24). The van der Waals surface area contributed by atoms with E-state index in [1.54, 1.807) is 11.3 Å². The van der Waals surface area contributed by atoms with Crippen molar-refractivity contribution in [2.45, 2.75) is 38.1 Å².